The standard InChI is InChI=1S/C16H18N2O4/c1-10-2-4-11(5-3-10)18-9-6-12(13(18)19)17-14(20)16(7-8-16)15(21)22/h2-5,12H,6-9H2,1H3,(H,17,20)(H,21,22)/t12-/m1/s1. The molecule has 0 spiro atoms. The monoisotopic (exact) mass is 302 g/mol. The number of hydrogen-bond donors (Lipinski definition) is 2. The van der Waals surface area contributed by atoms with E-state index in [-0.39, 0.29) is 5.91 Å². The first-order chi connectivity index (χ1) is 10.4. The highest BCUT2D eigenvalue weighted by Gasteiger charge is 2.57. The van der Waals surface area contributed by atoms with Gasteiger partial charge in [-0.1, -0.05) is 17.7 Å². The number of carboxylic acid groups (broad SMARTS) is 1. The minimum atomic E-state index is -1.31. The summed E-state index contributed by atoms with van der Waals surface area (Å²) in [5, 5.41) is 11.7. The van der Waals surface area contributed by atoms with Crippen LogP contribution in [0.15, 0.2) is 24.3 Å². The Morgan fingerprint density at radius 3 is 2.45 bits per heavy atom. The van der Waals surface area contributed by atoms with Crippen LogP contribution in [0.25, 0.3) is 0 Å². The molecule has 6 heteroatoms. The van der Waals surface area contributed by atoms with E-state index in [1.165, 1.54) is 0 Å². The average Bonchev–Trinajstić information content (AvgIpc) is 3.23. The van der Waals surface area contributed by atoms with Gasteiger partial charge in [-0.3, -0.25) is 14.4 Å². The van der Waals surface area contributed by atoms with E-state index in [0.29, 0.717) is 25.8 Å². The molecule has 22 heavy (non-hydrogen) atoms. The lowest BCUT2D eigenvalue weighted by atomic mass is 10.1. The third-order valence-corrected chi connectivity index (χ3v) is 4.45. The summed E-state index contributed by atoms with van der Waals surface area (Å²) >= 11 is 0. The fourth-order valence-electron chi connectivity index (χ4n) is 2.75. The molecule has 116 valence electrons. The summed E-state index contributed by atoms with van der Waals surface area (Å²) in [4.78, 5) is 37.3. The second-order valence-corrected chi connectivity index (χ2v) is 6.03. The van der Waals surface area contributed by atoms with Gasteiger partial charge in [0.05, 0.1) is 0 Å². The summed E-state index contributed by atoms with van der Waals surface area (Å²) in [5.41, 5.74) is 0.599. The minimum absolute atomic E-state index is 0.182. The Balaban J connectivity index is 1.68. The zero-order chi connectivity index (χ0) is 15.9. The fourth-order valence-corrected chi connectivity index (χ4v) is 2.75. The first kappa shape index (κ1) is 14.6. The summed E-state index contributed by atoms with van der Waals surface area (Å²) in [6, 6.07) is 6.97. The van der Waals surface area contributed by atoms with Gasteiger partial charge in [-0.2, -0.15) is 0 Å². The Morgan fingerprint density at radius 2 is 1.91 bits per heavy atom. The van der Waals surface area contributed by atoms with Crippen LogP contribution in [0.3, 0.4) is 0 Å². The van der Waals surface area contributed by atoms with Gasteiger partial charge >= 0.3 is 5.97 Å². The highest BCUT2D eigenvalue weighted by molar-refractivity contribution is 6.08. The molecule has 1 aliphatic carbocycles. The normalized spacial score (nSPS) is 22.5. The van der Waals surface area contributed by atoms with Gasteiger partial charge in [-0.05, 0) is 38.3 Å². The maximum absolute atomic E-state index is 12.4. The van der Waals surface area contributed by atoms with Crippen molar-refractivity contribution in [2.24, 2.45) is 5.41 Å². The third kappa shape index (κ3) is 2.34. The molecule has 0 bridgehead atoms. The van der Waals surface area contributed by atoms with Gasteiger partial charge < -0.3 is 15.3 Å². The summed E-state index contributed by atoms with van der Waals surface area (Å²) < 4.78 is 0. The molecule has 2 N–H and O–H groups in total. The number of rotatable bonds is 4. The highest BCUT2D eigenvalue weighted by atomic mass is 16.4. The molecule has 0 aromatic heterocycles. The van der Waals surface area contributed by atoms with Crippen LogP contribution in [0, 0.1) is 12.3 Å². The van der Waals surface area contributed by atoms with Crippen molar-refractivity contribution in [3.8, 4) is 0 Å². The van der Waals surface area contributed by atoms with Gasteiger partial charge in [0, 0.05) is 12.2 Å². The minimum Gasteiger partial charge on any atom is -0.480 e. The largest absolute Gasteiger partial charge is 0.480 e. The van der Waals surface area contributed by atoms with Crippen molar-refractivity contribution in [2.75, 3.05) is 11.4 Å². The van der Waals surface area contributed by atoms with Crippen molar-refractivity contribution in [3.63, 3.8) is 0 Å². The average molecular weight is 302 g/mol. The molecular formula is C16H18N2O4. The number of nitrogens with one attached hydrogen (secondary N) is 1. The number of carbonyl (C=O) groups is 3. The molecule has 1 aromatic rings. The zero-order valence-electron chi connectivity index (χ0n) is 12.3. The smallest absolute Gasteiger partial charge is 0.319 e. The van der Waals surface area contributed by atoms with E-state index < -0.39 is 23.3 Å². The van der Waals surface area contributed by atoms with Crippen LogP contribution in [0.5, 0.6) is 0 Å². The Labute approximate surface area is 128 Å². The second kappa shape index (κ2) is 5.12. The number of aryl methyl sites for hydroxylation is 1. The van der Waals surface area contributed by atoms with Crippen LogP contribution in [0.4, 0.5) is 5.69 Å². The molecule has 2 fully saturated rings. The summed E-state index contributed by atoms with van der Waals surface area (Å²) in [6.45, 7) is 2.49. The Hall–Kier alpha value is -2.37. The number of nitrogens with zero attached hydrogens (tertiary/aromatic N) is 1. The maximum Gasteiger partial charge on any atom is 0.319 e. The molecule has 1 saturated heterocycles. The number of carbonyl (C=O) groups excluding carboxylic acids is 2. The van der Waals surface area contributed by atoms with Crippen molar-refractivity contribution in [1.82, 2.24) is 5.32 Å². The molecule has 1 atom stereocenters. The lowest BCUT2D eigenvalue weighted by Gasteiger charge is -2.18. The number of carboxylic acids is 1. The first-order valence-electron chi connectivity index (χ1n) is 7.36. The zero-order valence-corrected chi connectivity index (χ0v) is 12.3. The van der Waals surface area contributed by atoms with Crippen molar-refractivity contribution in [3.05, 3.63) is 29.8 Å². The van der Waals surface area contributed by atoms with Gasteiger partial charge in [0.25, 0.3) is 0 Å². The molecule has 0 unspecified atom stereocenters. The molecule has 1 aromatic carbocycles. The van der Waals surface area contributed by atoms with Crippen LogP contribution in [-0.4, -0.2) is 35.5 Å². The molecule has 1 heterocycles. The summed E-state index contributed by atoms with van der Waals surface area (Å²) in [6.07, 6.45) is 1.18. The molecule has 1 aliphatic heterocycles. The van der Waals surface area contributed by atoms with Crippen LogP contribution in [0.2, 0.25) is 0 Å². The van der Waals surface area contributed by atoms with Gasteiger partial charge in [0.1, 0.15) is 11.5 Å². The predicted molar refractivity (Wildman–Crippen MR) is 79.4 cm³/mol. The Kier molecular flexibility index (Phi) is 3.39. The van der Waals surface area contributed by atoms with Gasteiger partial charge in [0.2, 0.25) is 11.8 Å². The Morgan fingerprint density at radius 1 is 1.27 bits per heavy atom. The lowest BCUT2D eigenvalue weighted by Crippen LogP contribution is -2.46. The van der Waals surface area contributed by atoms with E-state index in [1.54, 1.807) is 4.90 Å². The van der Waals surface area contributed by atoms with Crippen molar-refractivity contribution < 1.29 is 19.5 Å². The quantitative estimate of drug-likeness (QED) is 0.815. The first-order valence-corrected chi connectivity index (χ1v) is 7.36. The Bertz CT molecular complexity index is 634. The SMILES string of the molecule is Cc1ccc(N2CC[C@@H](NC(=O)C3(C(=O)O)CC3)C2=O)cc1. The molecule has 2 aliphatic rings. The molecule has 0 radical (unpaired) electrons. The number of hydrogen-bond acceptors (Lipinski definition) is 3. The van der Waals surface area contributed by atoms with Crippen molar-refractivity contribution in [2.45, 2.75) is 32.2 Å². The van der Waals surface area contributed by atoms with Crippen LogP contribution < -0.4 is 10.2 Å². The van der Waals surface area contributed by atoms with Crippen molar-refractivity contribution in [1.29, 1.82) is 0 Å². The third-order valence-electron chi connectivity index (χ3n) is 4.45. The second-order valence-electron chi connectivity index (χ2n) is 6.03. The lowest BCUT2D eigenvalue weighted by molar-refractivity contribution is -0.149. The van der Waals surface area contributed by atoms with E-state index in [2.05, 4.69) is 5.32 Å². The van der Waals surface area contributed by atoms with Crippen LogP contribution in [0.1, 0.15) is 24.8 Å². The van der Waals surface area contributed by atoms with E-state index in [1.807, 2.05) is 31.2 Å². The number of anilines is 1. The predicted octanol–water partition coefficient (Wildman–Crippen LogP) is 1.08. The highest BCUT2D eigenvalue weighted by Crippen LogP contribution is 2.46. The topological polar surface area (TPSA) is 86.7 Å². The molecule has 3 rings (SSSR count). The number of benzene rings is 1. The van der Waals surface area contributed by atoms with Gasteiger partial charge in [-0.25, -0.2) is 0 Å². The maximum atomic E-state index is 12.4. The summed E-state index contributed by atoms with van der Waals surface area (Å²) in [5.74, 6) is -1.83. The van der Waals surface area contributed by atoms with E-state index >= 15 is 0 Å². The summed E-state index contributed by atoms with van der Waals surface area (Å²) in [7, 11) is 0. The molecule has 1 saturated carbocycles. The number of aliphatic carboxylic acids is 1. The molecule has 2 amide bonds. The van der Waals surface area contributed by atoms with Crippen molar-refractivity contribution >= 4 is 23.5 Å². The fraction of sp³-hybridized carbons (Fsp3) is 0.438. The van der Waals surface area contributed by atoms with Gasteiger partial charge in [0.15, 0.2) is 0 Å². The van der Waals surface area contributed by atoms with Crippen LogP contribution >= 0.6 is 0 Å². The van der Waals surface area contributed by atoms with E-state index in [0.717, 1.165) is 11.3 Å². The molecule has 6 nitrogen and oxygen atoms in total. The molecular weight excluding hydrogens is 284 g/mol. The number of amides is 2. The van der Waals surface area contributed by atoms with Gasteiger partial charge in [-0.15, -0.1) is 0 Å². The van der Waals surface area contributed by atoms with Crippen LogP contribution in [-0.2, 0) is 14.4 Å². The van der Waals surface area contributed by atoms with E-state index in [9.17, 15) is 14.4 Å². The van der Waals surface area contributed by atoms with E-state index in [4.69, 9.17) is 5.11 Å².